The molecule has 1 saturated heterocycles. The maximum absolute atomic E-state index is 5.71. The van der Waals surface area contributed by atoms with Crippen LogP contribution in [0.1, 0.15) is 18.6 Å². The minimum atomic E-state index is 0.234. The summed E-state index contributed by atoms with van der Waals surface area (Å²) in [6, 6.07) is 2.60. The zero-order valence-electron chi connectivity index (χ0n) is 8.16. The van der Waals surface area contributed by atoms with E-state index in [0.29, 0.717) is 6.04 Å². The number of nitrogens with zero attached hydrogens (tertiary/aromatic N) is 1. The van der Waals surface area contributed by atoms with Crippen LogP contribution in [0.3, 0.4) is 0 Å². The first kappa shape index (κ1) is 8.78. The van der Waals surface area contributed by atoms with E-state index in [1.165, 1.54) is 5.56 Å². The summed E-state index contributed by atoms with van der Waals surface area (Å²) in [4.78, 5) is 0. The predicted octanol–water partition coefficient (Wildman–Crippen LogP) is 1.07. The van der Waals surface area contributed by atoms with Crippen molar-refractivity contribution < 1.29 is 4.74 Å². The van der Waals surface area contributed by atoms with Crippen molar-refractivity contribution in [1.29, 1.82) is 0 Å². The van der Waals surface area contributed by atoms with E-state index in [1.54, 1.807) is 0 Å². The summed E-state index contributed by atoms with van der Waals surface area (Å²) in [7, 11) is 2.03. The van der Waals surface area contributed by atoms with Crippen LogP contribution in [0.15, 0.2) is 18.5 Å². The van der Waals surface area contributed by atoms with Crippen molar-refractivity contribution in [2.45, 2.75) is 19.1 Å². The molecule has 0 amide bonds. The highest BCUT2D eigenvalue weighted by molar-refractivity contribution is 5.14. The van der Waals surface area contributed by atoms with Crippen LogP contribution in [0, 0.1) is 0 Å². The number of aromatic nitrogens is 1. The maximum atomic E-state index is 5.71. The summed E-state index contributed by atoms with van der Waals surface area (Å²) in [6.45, 7) is 3.87. The van der Waals surface area contributed by atoms with Crippen LogP contribution in [0.2, 0.25) is 0 Å². The van der Waals surface area contributed by atoms with Gasteiger partial charge in [-0.05, 0) is 18.6 Å². The lowest BCUT2D eigenvalue weighted by atomic mass is 10.1. The molecule has 0 bridgehead atoms. The molecule has 1 aliphatic heterocycles. The fourth-order valence-corrected chi connectivity index (χ4v) is 1.62. The molecule has 0 saturated carbocycles. The van der Waals surface area contributed by atoms with E-state index in [9.17, 15) is 0 Å². The monoisotopic (exact) mass is 180 g/mol. The molecule has 1 aromatic rings. The summed E-state index contributed by atoms with van der Waals surface area (Å²) in [5.41, 5.74) is 1.27. The molecule has 2 rings (SSSR count). The minimum absolute atomic E-state index is 0.234. The molecule has 13 heavy (non-hydrogen) atoms. The largest absolute Gasteiger partial charge is 0.371 e. The third kappa shape index (κ3) is 1.92. The lowest BCUT2D eigenvalue weighted by Crippen LogP contribution is -2.40. The van der Waals surface area contributed by atoms with Crippen molar-refractivity contribution in [2.24, 2.45) is 7.05 Å². The Labute approximate surface area is 78.7 Å². The van der Waals surface area contributed by atoms with E-state index in [2.05, 4.69) is 35.3 Å². The van der Waals surface area contributed by atoms with Gasteiger partial charge in [-0.1, -0.05) is 0 Å². The second kappa shape index (κ2) is 3.52. The van der Waals surface area contributed by atoms with Crippen LogP contribution in [-0.2, 0) is 11.8 Å². The average molecular weight is 180 g/mol. The smallest absolute Gasteiger partial charge is 0.0964 e. The van der Waals surface area contributed by atoms with Gasteiger partial charge in [0.15, 0.2) is 0 Å². The third-order valence-corrected chi connectivity index (χ3v) is 2.43. The maximum Gasteiger partial charge on any atom is 0.0964 e. The number of hydrogen-bond acceptors (Lipinski definition) is 2. The zero-order valence-corrected chi connectivity index (χ0v) is 8.16. The molecule has 0 aromatic carbocycles. The molecule has 0 radical (unpaired) electrons. The topological polar surface area (TPSA) is 26.2 Å². The van der Waals surface area contributed by atoms with Crippen molar-refractivity contribution in [1.82, 2.24) is 9.88 Å². The van der Waals surface area contributed by atoms with Crippen LogP contribution < -0.4 is 5.32 Å². The van der Waals surface area contributed by atoms with Gasteiger partial charge in [0.1, 0.15) is 0 Å². The highest BCUT2D eigenvalue weighted by Crippen LogP contribution is 2.19. The first-order valence-corrected chi connectivity index (χ1v) is 4.72. The molecule has 2 heterocycles. The van der Waals surface area contributed by atoms with Gasteiger partial charge >= 0.3 is 0 Å². The lowest BCUT2D eigenvalue weighted by molar-refractivity contribution is 0.00696. The van der Waals surface area contributed by atoms with Crippen molar-refractivity contribution in [3.63, 3.8) is 0 Å². The van der Waals surface area contributed by atoms with Crippen LogP contribution >= 0.6 is 0 Å². The van der Waals surface area contributed by atoms with E-state index in [-0.39, 0.29) is 6.10 Å². The first-order chi connectivity index (χ1) is 6.25. The van der Waals surface area contributed by atoms with E-state index >= 15 is 0 Å². The van der Waals surface area contributed by atoms with Gasteiger partial charge in [0, 0.05) is 32.0 Å². The number of morpholine rings is 1. The number of aryl methyl sites for hydroxylation is 1. The summed E-state index contributed by atoms with van der Waals surface area (Å²) < 4.78 is 7.77. The fourth-order valence-electron chi connectivity index (χ4n) is 1.62. The Morgan fingerprint density at radius 2 is 2.46 bits per heavy atom. The Hall–Kier alpha value is -0.800. The van der Waals surface area contributed by atoms with Gasteiger partial charge in [-0.2, -0.15) is 0 Å². The van der Waals surface area contributed by atoms with Gasteiger partial charge in [-0.25, -0.2) is 0 Å². The van der Waals surface area contributed by atoms with Crippen LogP contribution in [-0.4, -0.2) is 23.8 Å². The molecule has 2 unspecified atom stereocenters. The first-order valence-electron chi connectivity index (χ1n) is 4.72. The molecule has 1 fully saturated rings. The predicted molar refractivity (Wildman–Crippen MR) is 51.6 cm³/mol. The second-order valence-electron chi connectivity index (χ2n) is 3.74. The van der Waals surface area contributed by atoms with Gasteiger partial charge in [0.05, 0.1) is 12.7 Å². The summed E-state index contributed by atoms with van der Waals surface area (Å²) in [5, 5.41) is 3.41. The molecule has 1 N–H and O–H groups in total. The average Bonchev–Trinajstić information content (AvgIpc) is 2.53. The van der Waals surface area contributed by atoms with Gasteiger partial charge in [-0.15, -0.1) is 0 Å². The molecular formula is C10H16N2O. The summed E-state index contributed by atoms with van der Waals surface area (Å²) in [6.07, 6.45) is 4.40. The van der Waals surface area contributed by atoms with E-state index in [4.69, 9.17) is 4.74 Å². The van der Waals surface area contributed by atoms with Crippen molar-refractivity contribution in [3.8, 4) is 0 Å². The van der Waals surface area contributed by atoms with Crippen molar-refractivity contribution in [3.05, 3.63) is 24.0 Å². The molecule has 2 atom stereocenters. The quantitative estimate of drug-likeness (QED) is 0.699. The van der Waals surface area contributed by atoms with Crippen LogP contribution in [0.25, 0.3) is 0 Å². The second-order valence-corrected chi connectivity index (χ2v) is 3.74. The Morgan fingerprint density at radius 3 is 3.00 bits per heavy atom. The number of ether oxygens (including phenoxy) is 1. The highest BCUT2D eigenvalue weighted by Gasteiger charge is 2.19. The molecule has 1 aromatic heterocycles. The molecular weight excluding hydrogens is 164 g/mol. The Kier molecular flexibility index (Phi) is 2.38. The molecule has 0 spiro atoms. The molecule has 1 aliphatic rings. The molecule has 0 aliphatic carbocycles. The number of rotatable bonds is 1. The Morgan fingerprint density at radius 1 is 1.62 bits per heavy atom. The van der Waals surface area contributed by atoms with E-state index < -0.39 is 0 Å². The van der Waals surface area contributed by atoms with Gasteiger partial charge in [0.25, 0.3) is 0 Å². The summed E-state index contributed by atoms with van der Waals surface area (Å²) >= 11 is 0. The molecule has 72 valence electrons. The normalized spacial score (nSPS) is 29.1. The van der Waals surface area contributed by atoms with Crippen molar-refractivity contribution >= 4 is 0 Å². The van der Waals surface area contributed by atoms with Gasteiger partial charge in [0.2, 0.25) is 0 Å². The molecule has 3 nitrogen and oxygen atoms in total. The fraction of sp³-hybridized carbons (Fsp3) is 0.600. The van der Waals surface area contributed by atoms with Crippen molar-refractivity contribution in [2.75, 3.05) is 13.2 Å². The zero-order chi connectivity index (χ0) is 9.26. The minimum Gasteiger partial charge on any atom is -0.371 e. The standard InChI is InChI=1S/C10H16N2O/c1-8-7-13-10(5-11-8)9-3-4-12(2)6-9/h3-4,6,8,10-11H,5,7H2,1-2H3. The SMILES string of the molecule is CC1COC(c2ccn(C)c2)CN1. The van der Waals surface area contributed by atoms with E-state index in [0.717, 1.165) is 13.2 Å². The number of hydrogen-bond donors (Lipinski definition) is 1. The number of nitrogens with one attached hydrogen (secondary N) is 1. The molecule has 3 heteroatoms. The third-order valence-electron chi connectivity index (χ3n) is 2.43. The lowest BCUT2D eigenvalue weighted by Gasteiger charge is -2.27. The van der Waals surface area contributed by atoms with E-state index in [1.807, 2.05) is 7.05 Å². The summed E-state index contributed by atoms with van der Waals surface area (Å²) in [5.74, 6) is 0. The van der Waals surface area contributed by atoms with Gasteiger partial charge in [-0.3, -0.25) is 0 Å². The Balaban J connectivity index is 2.02. The highest BCUT2D eigenvalue weighted by atomic mass is 16.5. The Bertz CT molecular complexity index is 274. The van der Waals surface area contributed by atoms with Crippen LogP contribution in [0.4, 0.5) is 0 Å². The van der Waals surface area contributed by atoms with Gasteiger partial charge < -0.3 is 14.6 Å². The van der Waals surface area contributed by atoms with Crippen LogP contribution in [0.5, 0.6) is 0 Å².